The fourth-order valence-corrected chi connectivity index (χ4v) is 5.41. The Balaban J connectivity index is 1.47. The van der Waals surface area contributed by atoms with Crippen molar-refractivity contribution < 1.29 is 4.79 Å². The number of hydrogen-bond acceptors (Lipinski definition) is 5. The van der Waals surface area contributed by atoms with E-state index >= 15 is 0 Å². The van der Waals surface area contributed by atoms with Crippen LogP contribution in [-0.2, 0) is 16.9 Å². The molecule has 0 radical (unpaired) electrons. The third kappa shape index (κ3) is 4.14. The number of fused-ring (bicyclic) bond motifs is 2. The molecule has 0 spiro atoms. The molecule has 0 aliphatic carbocycles. The van der Waals surface area contributed by atoms with Crippen LogP contribution in [0.2, 0.25) is 0 Å². The smallest absolute Gasteiger partial charge is 0.265 e. The average molecular weight is 474 g/mol. The summed E-state index contributed by atoms with van der Waals surface area (Å²) >= 11 is 1.52. The minimum absolute atomic E-state index is 0.0223. The summed E-state index contributed by atoms with van der Waals surface area (Å²) in [5, 5.41) is 5.56. The Morgan fingerprint density at radius 2 is 1.76 bits per heavy atom. The van der Waals surface area contributed by atoms with Crippen LogP contribution in [-0.4, -0.2) is 31.0 Å². The van der Waals surface area contributed by atoms with Gasteiger partial charge in [0.25, 0.3) is 5.56 Å². The zero-order chi connectivity index (χ0) is 23.9. The van der Waals surface area contributed by atoms with E-state index in [1.165, 1.54) is 11.8 Å². The Morgan fingerprint density at radius 3 is 2.44 bits per heavy atom. The maximum absolute atomic E-state index is 13.6. The second kappa shape index (κ2) is 8.76. The monoisotopic (exact) mass is 473 g/mol. The van der Waals surface area contributed by atoms with Crippen LogP contribution in [0.5, 0.6) is 0 Å². The first-order valence-electron chi connectivity index (χ1n) is 11.4. The number of hydrogen-bond donors (Lipinski definition) is 0. The Hall–Kier alpha value is -3.39. The molecule has 2 aromatic carbocycles. The van der Waals surface area contributed by atoms with Crippen LogP contribution in [0.3, 0.4) is 0 Å². The van der Waals surface area contributed by atoms with Crippen molar-refractivity contribution in [2.75, 3.05) is 10.7 Å². The van der Waals surface area contributed by atoms with Gasteiger partial charge in [0, 0.05) is 17.9 Å². The van der Waals surface area contributed by atoms with E-state index in [1.807, 2.05) is 81.4 Å². The predicted octanol–water partition coefficient (Wildman–Crippen LogP) is 4.62. The van der Waals surface area contributed by atoms with E-state index in [0.717, 1.165) is 11.3 Å². The maximum Gasteiger partial charge on any atom is 0.265 e. The van der Waals surface area contributed by atoms with Crippen molar-refractivity contribution in [3.63, 3.8) is 0 Å². The third-order valence-corrected chi connectivity index (χ3v) is 7.07. The van der Waals surface area contributed by atoms with Gasteiger partial charge in [0.15, 0.2) is 10.8 Å². The highest BCUT2D eigenvalue weighted by atomic mass is 32.2. The lowest BCUT2D eigenvalue weighted by Crippen LogP contribution is -2.34. The number of aromatic nitrogens is 4. The fraction of sp³-hybridized carbons (Fsp3) is 0.308. The molecular weight excluding hydrogens is 446 g/mol. The number of amides is 1. The van der Waals surface area contributed by atoms with E-state index in [4.69, 9.17) is 4.98 Å². The Morgan fingerprint density at radius 1 is 1.09 bits per heavy atom. The number of para-hydroxylation sites is 1. The first-order chi connectivity index (χ1) is 16.3. The van der Waals surface area contributed by atoms with Gasteiger partial charge < -0.3 is 4.90 Å². The van der Waals surface area contributed by atoms with Gasteiger partial charge in [-0.15, -0.1) is 0 Å². The van der Waals surface area contributed by atoms with Crippen molar-refractivity contribution in [3.05, 3.63) is 82.8 Å². The molecule has 1 amide bonds. The molecule has 34 heavy (non-hydrogen) atoms. The number of rotatable bonds is 5. The maximum atomic E-state index is 13.6. The van der Waals surface area contributed by atoms with Gasteiger partial charge in [-0.3, -0.25) is 14.2 Å². The quantitative estimate of drug-likeness (QED) is 0.396. The van der Waals surface area contributed by atoms with Crippen LogP contribution < -0.4 is 10.5 Å². The van der Waals surface area contributed by atoms with Gasteiger partial charge in [-0.1, -0.05) is 60.3 Å². The van der Waals surface area contributed by atoms with Crippen molar-refractivity contribution in [2.45, 2.75) is 50.5 Å². The number of anilines is 1. The number of thioether (sulfide) groups is 1. The number of carbonyl (C=O) groups is 1. The summed E-state index contributed by atoms with van der Waals surface area (Å²) in [6, 6.07) is 19.4. The van der Waals surface area contributed by atoms with Crippen LogP contribution in [0.15, 0.2) is 76.8 Å². The van der Waals surface area contributed by atoms with Gasteiger partial charge in [0.1, 0.15) is 5.39 Å². The molecule has 0 bridgehead atoms. The van der Waals surface area contributed by atoms with Gasteiger partial charge in [0.05, 0.1) is 24.3 Å². The molecule has 1 atom stereocenters. The standard InChI is InChI=1S/C26H27N5O2S/c1-26(2,3)31-23-21(15-27-31)24(33)30-20(17-34-25(30)28-23)14-22(32)29(19-12-8-5-9-13-19)16-18-10-6-4-7-11-18/h4-13,15,20H,14,16-17H2,1-3H3. The third-order valence-electron chi connectivity index (χ3n) is 5.97. The lowest BCUT2D eigenvalue weighted by Gasteiger charge is -2.25. The summed E-state index contributed by atoms with van der Waals surface area (Å²) in [4.78, 5) is 33.6. The molecular formula is C26H27N5O2S. The zero-order valence-electron chi connectivity index (χ0n) is 19.5. The fourth-order valence-electron chi connectivity index (χ4n) is 4.28. The Bertz CT molecular complexity index is 1390. The molecule has 3 heterocycles. The molecule has 7 nitrogen and oxygen atoms in total. The van der Waals surface area contributed by atoms with Gasteiger partial charge in [-0.05, 0) is 38.5 Å². The van der Waals surface area contributed by atoms with E-state index < -0.39 is 0 Å². The summed E-state index contributed by atoms with van der Waals surface area (Å²) in [5.41, 5.74) is 2.07. The predicted molar refractivity (Wildman–Crippen MR) is 135 cm³/mol. The van der Waals surface area contributed by atoms with Gasteiger partial charge >= 0.3 is 0 Å². The summed E-state index contributed by atoms with van der Waals surface area (Å²) in [7, 11) is 0. The normalized spacial score (nSPS) is 15.4. The molecule has 1 aliphatic heterocycles. The van der Waals surface area contributed by atoms with Crippen molar-refractivity contribution in [1.82, 2.24) is 19.3 Å². The van der Waals surface area contributed by atoms with E-state index in [1.54, 1.807) is 20.3 Å². The Kier molecular flexibility index (Phi) is 5.77. The molecule has 2 aromatic heterocycles. The summed E-state index contributed by atoms with van der Waals surface area (Å²) in [5.74, 6) is 0.614. The van der Waals surface area contributed by atoms with Crippen LogP contribution in [0, 0.1) is 0 Å². The lowest BCUT2D eigenvalue weighted by molar-refractivity contribution is -0.119. The molecule has 174 valence electrons. The largest absolute Gasteiger partial charge is 0.308 e. The molecule has 4 aromatic rings. The van der Waals surface area contributed by atoms with Crippen molar-refractivity contribution in [3.8, 4) is 0 Å². The van der Waals surface area contributed by atoms with Crippen molar-refractivity contribution in [1.29, 1.82) is 0 Å². The van der Waals surface area contributed by atoms with Crippen molar-refractivity contribution >= 4 is 34.4 Å². The summed E-state index contributed by atoms with van der Waals surface area (Å²) in [6.45, 7) is 6.57. The highest BCUT2D eigenvalue weighted by Crippen LogP contribution is 2.34. The van der Waals surface area contributed by atoms with E-state index in [9.17, 15) is 9.59 Å². The van der Waals surface area contributed by atoms with Crippen molar-refractivity contribution in [2.24, 2.45) is 0 Å². The van der Waals surface area contributed by atoms with E-state index in [-0.39, 0.29) is 29.5 Å². The second-order valence-electron chi connectivity index (χ2n) is 9.50. The van der Waals surface area contributed by atoms with Gasteiger partial charge in [-0.2, -0.15) is 5.10 Å². The minimum Gasteiger partial charge on any atom is -0.308 e. The molecule has 1 unspecified atom stereocenters. The zero-order valence-corrected chi connectivity index (χ0v) is 20.3. The molecule has 0 N–H and O–H groups in total. The highest BCUT2D eigenvalue weighted by Gasteiger charge is 2.32. The molecule has 0 saturated heterocycles. The molecule has 5 rings (SSSR count). The first kappa shape index (κ1) is 22.4. The summed E-state index contributed by atoms with van der Waals surface area (Å²) in [6.07, 6.45) is 1.82. The van der Waals surface area contributed by atoms with E-state index in [2.05, 4.69) is 5.10 Å². The van der Waals surface area contributed by atoms with Gasteiger partial charge in [0.2, 0.25) is 5.91 Å². The Labute approximate surface area is 202 Å². The number of carbonyl (C=O) groups excluding carboxylic acids is 1. The van der Waals surface area contributed by atoms with Crippen LogP contribution >= 0.6 is 11.8 Å². The SMILES string of the molecule is CC(C)(C)n1ncc2c(=O)n3c(nc21)SCC3CC(=O)N(Cc1ccccc1)c1ccccc1. The van der Waals surface area contributed by atoms with E-state index in [0.29, 0.717) is 28.5 Å². The average Bonchev–Trinajstić information content (AvgIpc) is 3.44. The topological polar surface area (TPSA) is 73.0 Å². The number of nitrogens with zero attached hydrogens (tertiary/aromatic N) is 5. The first-order valence-corrected chi connectivity index (χ1v) is 12.3. The lowest BCUT2D eigenvalue weighted by atomic mass is 10.1. The second-order valence-corrected chi connectivity index (χ2v) is 10.5. The molecule has 0 fully saturated rings. The van der Waals surface area contributed by atoms with Crippen LogP contribution in [0.4, 0.5) is 5.69 Å². The van der Waals surface area contributed by atoms with Crippen LogP contribution in [0.1, 0.15) is 38.8 Å². The molecule has 0 saturated carbocycles. The molecule has 1 aliphatic rings. The summed E-state index contributed by atoms with van der Waals surface area (Å²) < 4.78 is 3.48. The van der Waals surface area contributed by atoms with Crippen LogP contribution in [0.25, 0.3) is 11.0 Å². The minimum atomic E-state index is -0.285. The number of benzene rings is 2. The molecule has 8 heteroatoms. The highest BCUT2D eigenvalue weighted by molar-refractivity contribution is 7.99. The van der Waals surface area contributed by atoms with Gasteiger partial charge in [-0.25, -0.2) is 9.67 Å².